The maximum absolute atomic E-state index is 12.0. The lowest BCUT2D eigenvalue weighted by Crippen LogP contribution is -2.32. The number of aromatic nitrogens is 2. The monoisotopic (exact) mass is 275 g/mol. The lowest BCUT2D eigenvalue weighted by molar-refractivity contribution is -0.139. The van der Waals surface area contributed by atoms with Gasteiger partial charge in [-0.25, -0.2) is 9.78 Å². The summed E-state index contributed by atoms with van der Waals surface area (Å²) in [7, 11) is 1.43. The summed E-state index contributed by atoms with van der Waals surface area (Å²) < 4.78 is 6.11. The lowest BCUT2D eigenvalue weighted by Gasteiger charge is -2.18. The molecule has 1 aromatic heterocycles. The lowest BCUT2D eigenvalue weighted by atomic mass is 10.1. The Morgan fingerprint density at radius 2 is 2.15 bits per heavy atom. The number of methoxy groups -OCH3 is 1. The molecule has 7 heteroatoms. The largest absolute Gasteiger partial charge is 0.496 e. The first kappa shape index (κ1) is 13.6. The number of ether oxygens (including phenoxy) is 1. The summed E-state index contributed by atoms with van der Waals surface area (Å²) in [6.45, 7) is 0. The Labute approximate surface area is 114 Å². The summed E-state index contributed by atoms with van der Waals surface area (Å²) in [6.07, 6.45) is 2.32. The van der Waals surface area contributed by atoms with Crippen LogP contribution in [-0.2, 0) is 4.79 Å². The molecule has 2 aromatic rings. The van der Waals surface area contributed by atoms with Gasteiger partial charge in [0, 0.05) is 5.56 Å². The van der Waals surface area contributed by atoms with Gasteiger partial charge in [0.05, 0.1) is 19.6 Å². The molecule has 1 heterocycles. The molecule has 0 aliphatic heterocycles. The number of hydrogen-bond acceptors (Lipinski definition) is 5. The number of nitrogens with two attached hydrogens (primary N) is 1. The Kier molecular flexibility index (Phi) is 3.69. The number of para-hydroxylation sites is 1. The number of aliphatic carboxylic acids is 1. The number of nitrogens with zero attached hydrogens (tertiary/aromatic N) is 2. The van der Waals surface area contributed by atoms with Gasteiger partial charge in [-0.15, -0.1) is 0 Å². The smallest absolute Gasteiger partial charge is 0.331 e. The SMILES string of the molecule is COc1ccccc1C(C(=O)O)n1cncc(N)c1=O. The molecule has 0 aliphatic rings. The topological polar surface area (TPSA) is 107 Å². The van der Waals surface area contributed by atoms with Gasteiger partial charge in [0.2, 0.25) is 0 Å². The first-order chi connectivity index (χ1) is 9.56. The molecule has 0 saturated heterocycles. The summed E-state index contributed by atoms with van der Waals surface area (Å²) in [5, 5.41) is 9.43. The summed E-state index contributed by atoms with van der Waals surface area (Å²) in [6, 6.07) is 5.32. The summed E-state index contributed by atoms with van der Waals surface area (Å²) in [5.74, 6) is -0.835. The highest BCUT2D eigenvalue weighted by atomic mass is 16.5. The van der Waals surface area contributed by atoms with Crippen LogP contribution in [-0.4, -0.2) is 27.7 Å². The van der Waals surface area contributed by atoms with E-state index in [0.29, 0.717) is 11.3 Å². The molecule has 0 saturated carbocycles. The van der Waals surface area contributed by atoms with Crippen LogP contribution in [0.2, 0.25) is 0 Å². The molecule has 0 bridgehead atoms. The number of nitrogen functional groups attached to an aromatic ring is 1. The zero-order valence-corrected chi connectivity index (χ0v) is 10.7. The van der Waals surface area contributed by atoms with Gasteiger partial charge in [-0.05, 0) is 6.07 Å². The van der Waals surface area contributed by atoms with E-state index in [0.717, 1.165) is 10.9 Å². The molecular weight excluding hydrogens is 262 g/mol. The van der Waals surface area contributed by atoms with Gasteiger partial charge in [0.25, 0.3) is 5.56 Å². The van der Waals surface area contributed by atoms with Crippen LogP contribution < -0.4 is 16.0 Å². The molecule has 7 nitrogen and oxygen atoms in total. The maximum atomic E-state index is 12.0. The zero-order valence-electron chi connectivity index (χ0n) is 10.7. The number of carboxylic acid groups (broad SMARTS) is 1. The van der Waals surface area contributed by atoms with Crippen molar-refractivity contribution in [3.63, 3.8) is 0 Å². The van der Waals surface area contributed by atoms with Gasteiger partial charge in [0.1, 0.15) is 11.4 Å². The average molecular weight is 275 g/mol. The average Bonchev–Trinajstić information content (AvgIpc) is 2.44. The molecule has 1 unspecified atom stereocenters. The second kappa shape index (κ2) is 5.43. The fraction of sp³-hybridized carbons (Fsp3) is 0.154. The van der Waals surface area contributed by atoms with Crippen molar-refractivity contribution in [2.75, 3.05) is 12.8 Å². The highest BCUT2D eigenvalue weighted by Crippen LogP contribution is 2.27. The molecule has 1 atom stereocenters. The Morgan fingerprint density at radius 3 is 2.80 bits per heavy atom. The molecule has 2 rings (SSSR count). The van der Waals surface area contributed by atoms with Crippen molar-refractivity contribution in [3.05, 3.63) is 52.7 Å². The van der Waals surface area contributed by atoms with E-state index in [9.17, 15) is 14.7 Å². The van der Waals surface area contributed by atoms with E-state index in [2.05, 4.69) is 4.98 Å². The van der Waals surface area contributed by atoms with Crippen LogP contribution in [0.1, 0.15) is 11.6 Å². The number of rotatable bonds is 4. The molecule has 3 N–H and O–H groups in total. The van der Waals surface area contributed by atoms with Gasteiger partial charge in [0.15, 0.2) is 6.04 Å². The molecule has 0 aliphatic carbocycles. The van der Waals surface area contributed by atoms with Crippen LogP contribution in [0, 0.1) is 0 Å². The standard InChI is InChI=1S/C13H13N3O4/c1-20-10-5-3-2-4-8(10)11(13(18)19)16-7-15-6-9(14)12(16)17/h2-7,11H,14H2,1H3,(H,18,19). The van der Waals surface area contributed by atoms with Crippen molar-refractivity contribution < 1.29 is 14.6 Å². The van der Waals surface area contributed by atoms with Gasteiger partial charge >= 0.3 is 5.97 Å². The Bertz CT molecular complexity index is 696. The highest BCUT2D eigenvalue weighted by Gasteiger charge is 2.26. The van der Waals surface area contributed by atoms with Crippen LogP contribution in [0.5, 0.6) is 5.75 Å². The van der Waals surface area contributed by atoms with E-state index < -0.39 is 17.6 Å². The van der Waals surface area contributed by atoms with E-state index in [4.69, 9.17) is 10.5 Å². The van der Waals surface area contributed by atoms with Crippen molar-refractivity contribution in [2.45, 2.75) is 6.04 Å². The van der Waals surface area contributed by atoms with Crippen molar-refractivity contribution in [2.24, 2.45) is 0 Å². The number of carboxylic acids is 1. The predicted molar refractivity (Wildman–Crippen MR) is 71.7 cm³/mol. The van der Waals surface area contributed by atoms with Crippen LogP contribution in [0.4, 0.5) is 5.69 Å². The third-order valence-corrected chi connectivity index (χ3v) is 2.83. The summed E-state index contributed by atoms with van der Waals surface area (Å²) in [4.78, 5) is 27.3. The first-order valence-corrected chi connectivity index (χ1v) is 5.73. The minimum absolute atomic E-state index is 0.117. The minimum Gasteiger partial charge on any atom is -0.496 e. The van der Waals surface area contributed by atoms with Crippen molar-refractivity contribution in [1.82, 2.24) is 9.55 Å². The molecular formula is C13H13N3O4. The first-order valence-electron chi connectivity index (χ1n) is 5.73. The van der Waals surface area contributed by atoms with Gasteiger partial charge < -0.3 is 15.6 Å². The molecule has 0 spiro atoms. The van der Waals surface area contributed by atoms with Gasteiger partial charge in [-0.1, -0.05) is 18.2 Å². The van der Waals surface area contributed by atoms with Crippen molar-refractivity contribution in [3.8, 4) is 5.75 Å². The molecule has 0 radical (unpaired) electrons. The zero-order chi connectivity index (χ0) is 14.7. The third-order valence-electron chi connectivity index (χ3n) is 2.83. The van der Waals surface area contributed by atoms with Crippen LogP contribution in [0.3, 0.4) is 0 Å². The van der Waals surface area contributed by atoms with Gasteiger partial charge in [-0.3, -0.25) is 9.36 Å². The van der Waals surface area contributed by atoms with E-state index in [-0.39, 0.29) is 5.69 Å². The van der Waals surface area contributed by atoms with Crippen LogP contribution in [0.25, 0.3) is 0 Å². The van der Waals surface area contributed by atoms with E-state index in [1.165, 1.54) is 13.3 Å². The third kappa shape index (κ3) is 2.33. The van der Waals surface area contributed by atoms with Crippen LogP contribution in [0.15, 0.2) is 41.6 Å². The molecule has 1 aromatic carbocycles. The number of benzene rings is 1. The summed E-state index contributed by atoms with van der Waals surface area (Å²) >= 11 is 0. The van der Waals surface area contributed by atoms with Gasteiger partial charge in [-0.2, -0.15) is 0 Å². The molecule has 0 amide bonds. The fourth-order valence-electron chi connectivity index (χ4n) is 1.92. The number of hydrogen-bond donors (Lipinski definition) is 2. The highest BCUT2D eigenvalue weighted by molar-refractivity contribution is 5.77. The maximum Gasteiger partial charge on any atom is 0.331 e. The minimum atomic E-state index is -1.25. The normalized spacial score (nSPS) is 11.8. The van der Waals surface area contributed by atoms with Crippen LogP contribution >= 0.6 is 0 Å². The molecule has 0 fully saturated rings. The Morgan fingerprint density at radius 1 is 1.45 bits per heavy atom. The van der Waals surface area contributed by atoms with Crippen molar-refractivity contribution >= 4 is 11.7 Å². The van der Waals surface area contributed by atoms with E-state index in [1.807, 2.05) is 0 Å². The van der Waals surface area contributed by atoms with E-state index in [1.54, 1.807) is 24.3 Å². The van der Waals surface area contributed by atoms with Crippen molar-refractivity contribution in [1.29, 1.82) is 0 Å². The Hall–Kier alpha value is -2.83. The molecule has 104 valence electrons. The second-order valence-corrected chi connectivity index (χ2v) is 4.04. The van der Waals surface area contributed by atoms with E-state index >= 15 is 0 Å². The number of carbonyl (C=O) groups is 1. The summed E-state index contributed by atoms with van der Waals surface area (Å²) in [5.41, 5.74) is 5.10. The second-order valence-electron chi connectivity index (χ2n) is 4.04. The Balaban J connectivity index is 2.66. The number of anilines is 1. The fourth-order valence-corrected chi connectivity index (χ4v) is 1.92. The molecule has 20 heavy (non-hydrogen) atoms. The predicted octanol–water partition coefficient (Wildman–Crippen LogP) is 0.508. The quantitative estimate of drug-likeness (QED) is 0.841.